The van der Waals surface area contributed by atoms with Crippen molar-refractivity contribution in [3.63, 3.8) is 0 Å². The number of benzene rings is 4. The van der Waals surface area contributed by atoms with Crippen LogP contribution in [0.1, 0.15) is 66.4 Å². The molecule has 0 fully saturated rings. The summed E-state index contributed by atoms with van der Waals surface area (Å²) in [5.74, 6) is -0.726. The second-order valence-corrected chi connectivity index (χ2v) is 9.25. The predicted octanol–water partition coefficient (Wildman–Crippen LogP) is 6.49. The van der Waals surface area contributed by atoms with Gasteiger partial charge in [-0.1, -0.05) is 60.7 Å². The van der Waals surface area contributed by atoms with Crippen LogP contribution in [0.25, 0.3) is 0 Å². The van der Waals surface area contributed by atoms with Crippen molar-refractivity contribution in [2.24, 2.45) is 0 Å². The Hall–Kier alpha value is -5.24. The highest BCUT2D eigenvalue weighted by Gasteiger charge is 2.27. The van der Waals surface area contributed by atoms with E-state index >= 15 is 0 Å². The van der Waals surface area contributed by atoms with Gasteiger partial charge in [0.1, 0.15) is 11.5 Å². The summed E-state index contributed by atoms with van der Waals surface area (Å²) in [5, 5.41) is 0. The number of aldehydes is 1. The lowest BCUT2D eigenvalue weighted by atomic mass is 9.97. The minimum absolute atomic E-state index is 0.0631. The Labute approximate surface area is 244 Å². The van der Waals surface area contributed by atoms with E-state index in [1.54, 1.807) is 18.7 Å². The molecule has 0 aliphatic carbocycles. The molecule has 4 rings (SSSR count). The fourth-order valence-corrected chi connectivity index (χ4v) is 4.34. The molecule has 42 heavy (non-hydrogen) atoms. The van der Waals surface area contributed by atoms with Gasteiger partial charge in [0.2, 0.25) is 0 Å². The van der Waals surface area contributed by atoms with Crippen molar-refractivity contribution < 1.29 is 33.4 Å². The predicted molar refractivity (Wildman–Crippen MR) is 157 cm³/mol. The van der Waals surface area contributed by atoms with E-state index in [-0.39, 0.29) is 48.6 Å². The van der Waals surface area contributed by atoms with Crippen LogP contribution in [0.5, 0.6) is 11.5 Å². The van der Waals surface area contributed by atoms with Crippen LogP contribution < -0.4 is 4.74 Å². The van der Waals surface area contributed by atoms with Gasteiger partial charge in [0.15, 0.2) is 6.29 Å². The summed E-state index contributed by atoms with van der Waals surface area (Å²) in [6.45, 7) is 3.81. The molecule has 4 aromatic carbocycles. The molecule has 0 atom stereocenters. The summed E-state index contributed by atoms with van der Waals surface area (Å²) in [7, 11) is 0. The summed E-state index contributed by atoms with van der Waals surface area (Å²) >= 11 is 0. The van der Waals surface area contributed by atoms with Crippen molar-refractivity contribution in [2.45, 2.75) is 26.9 Å². The average Bonchev–Trinajstić information content (AvgIpc) is 3.02. The third kappa shape index (κ3) is 7.48. The average molecular weight is 566 g/mol. The van der Waals surface area contributed by atoms with Crippen LogP contribution in [0.4, 0.5) is 0 Å². The van der Waals surface area contributed by atoms with E-state index < -0.39 is 17.8 Å². The molecule has 0 saturated carbocycles. The molecule has 0 unspecified atom stereocenters. The Morgan fingerprint density at radius 2 is 1.17 bits per heavy atom. The molecule has 1 amide bonds. The number of carbonyl (C=O) groups excluding carboxylic acids is 4. The van der Waals surface area contributed by atoms with Gasteiger partial charge in [0, 0.05) is 18.7 Å². The fraction of sp³-hybridized carbons (Fsp3) is 0.176. The molecule has 4 aromatic rings. The maximum Gasteiger partial charge on any atom is 0.338 e. The lowest BCUT2D eigenvalue weighted by molar-refractivity contribution is 0.0505. The Morgan fingerprint density at radius 3 is 1.74 bits per heavy atom. The van der Waals surface area contributed by atoms with Gasteiger partial charge in [0.05, 0.1) is 29.9 Å². The second kappa shape index (κ2) is 14.4. The molecule has 8 heteroatoms. The van der Waals surface area contributed by atoms with Crippen LogP contribution in [0.15, 0.2) is 97.1 Å². The van der Waals surface area contributed by atoms with Crippen LogP contribution in [0, 0.1) is 0 Å². The van der Waals surface area contributed by atoms with Crippen molar-refractivity contribution in [3.05, 3.63) is 130 Å². The SMILES string of the molecule is CCOC(=O)c1cc(C(=O)N(Cc2ccccc2)Cc2ccc(Oc3ccccc3)cc2)c(C(=O)OCC)cc1C=O. The highest BCUT2D eigenvalue weighted by molar-refractivity contribution is 6.09. The van der Waals surface area contributed by atoms with Crippen molar-refractivity contribution in [1.82, 2.24) is 4.90 Å². The number of ether oxygens (including phenoxy) is 3. The molecule has 0 aliphatic heterocycles. The zero-order valence-electron chi connectivity index (χ0n) is 23.4. The van der Waals surface area contributed by atoms with Crippen LogP contribution in [-0.2, 0) is 22.6 Å². The summed E-state index contributed by atoms with van der Waals surface area (Å²) in [4.78, 5) is 53.2. The minimum atomic E-state index is -0.776. The van der Waals surface area contributed by atoms with Crippen LogP contribution >= 0.6 is 0 Å². The van der Waals surface area contributed by atoms with E-state index in [2.05, 4.69) is 0 Å². The first-order valence-electron chi connectivity index (χ1n) is 13.6. The third-order valence-electron chi connectivity index (χ3n) is 6.32. The van der Waals surface area contributed by atoms with Crippen LogP contribution in [0.2, 0.25) is 0 Å². The van der Waals surface area contributed by atoms with E-state index in [0.29, 0.717) is 17.8 Å². The molecule has 0 heterocycles. The highest BCUT2D eigenvalue weighted by atomic mass is 16.5. The van der Waals surface area contributed by atoms with Crippen LogP contribution in [-0.4, -0.2) is 42.2 Å². The molecule has 0 radical (unpaired) electrons. The molecular formula is C34H31NO7. The van der Waals surface area contributed by atoms with Crippen molar-refractivity contribution in [1.29, 1.82) is 0 Å². The molecule has 0 N–H and O–H groups in total. The van der Waals surface area contributed by atoms with Gasteiger partial charge in [0.25, 0.3) is 5.91 Å². The zero-order valence-corrected chi connectivity index (χ0v) is 23.4. The summed E-state index contributed by atoms with van der Waals surface area (Å²) in [6, 6.07) is 28.6. The first kappa shape index (κ1) is 29.7. The highest BCUT2D eigenvalue weighted by Crippen LogP contribution is 2.25. The molecule has 0 spiro atoms. The smallest absolute Gasteiger partial charge is 0.338 e. The molecule has 0 aliphatic rings. The fourth-order valence-electron chi connectivity index (χ4n) is 4.34. The lowest BCUT2D eigenvalue weighted by Gasteiger charge is -2.25. The number of carbonyl (C=O) groups is 4. The largest absolute Gasteiger partial charge is 0.462 e. The maximum atomic E-state index is 14.2. The van der Waals surface area contributed by atoms with Crippen molar-refractivity contribution >= 4 is 24.1 Å². The van der Waals surface area contributed by atoms with E-state index in [1.807, 2.05) is 84.9 Å². The van der Waals surface area contributed by atoms with Crippen molar-refractivity contribution in [3.8, 4) is 11.5 Å². The van der Waals surface area contributed by atoms with Gasteiger partial charge in [-0.25, -0.2) is 9.59 Å². The summed E-state index contributed by atoms with van der Waals surface area (Å²) < 4.78 is 16.2. The number of esters is 2. The van der Waals surface area contributed by atoms with Gasteiger partial charge in [-0.3, -0.25) is 9.59 Å². The number of para-hydroxylation sites is 1. The number of hydrogen-bond donors (Lipinski definition) is 0. The minimum Gasteiger partial charge on any atom is -0.462 e. The normalized spacial score (nSPS) is 10.4. The van der Waals surface area contributed by atoms with Gasteiger partial charge in [-0.2, -0.15) is 0 Å². The summed E-state index contributed by atoms with van der Waals surface area (Å²) in [6.07, 6.45) is 0.448. The maximum absolute atomic E-state index is 14.2. The first-order chi connectivity index (χ1) is 20.4. The van der Waals surface area contributed by atoms with Gasteiger partial charge in [-0.15, -0.1) is 0 Å². The number of hydrogen-bond acceptors (Lipinski definition) is 7. The van der Waals surface area contributed by atoms with E-state index in [9.17, 15) is 19.2 Å². The van der Waals surface area contributed by atoms with E-state index in [1.165, 1.54) is 12.1 Å². The molecule has 0 saturated heterocycles. The molecule has 8 nitrogen and oxygen atoms in total. The van der Waals surface area contributed by atoms with E-state index in [4.69, 9.17) is 14.2 Å². The topological polar surface area (TPSA) is 99.2 Å². The van der Waals surface area contributed by atoms with Gasteiger partial charge >= 0.3 is 11.9 Å². The van der Waals surface area contributed by atoms with Gasteiger partial charge in [-0.05, 0) is 61.4 Å². The number of nitrogens with zero attached hydrogens (tertiary/aromatic N) is 1. The van der Waals surface area contributed by atoms with Gasteiger partial charge < -0.3 is 19.1 Å². The first-order valence-corrected chi connectivity index (χ1v) is 13.6. The van der Waals surface area contributed by atoms with Crippen LogP contribution in [0.3, 0.4) is 0 Å². The number of amides is 1. The van der Waals surface area contributed by atoms with E-state index in [0.717, 1.165) is 11.1 Å². The number of rotatable bonds is 12. The summed E-state index contributed by atoms with van der Waals surface area (Å²) in [5.41, 5.74) is 1.32. The molecule has 0 aromatic heterocycles. The Morgan fingerprint density at radius 1 is 0.643 bits per heavy atom. The molecule has 0 bridgehead atoms. The lowest BCUT2D eigenvalue weighted by Crippen LogP contribution is -2.32. The zero-order chi connectivity index (χ0) is 29.9. The Balaban J connectivity index is 1.72. The van der Waals surface area contributed by atoms with Crippen molar-refractivity contribution in [2.75, 3.05) is 13.2 Å². The Kier molecular flexibility index (Phi) is 10.2. The monoisotopic (exact) mass is 565 g/mol. The Bertz CT molecular complexity index is 1530. The molecule has 214 valence electrons. The standard InChI is InChI=1S/C34H31NO7/c1-3-40-33(38)29-20-30(31(19-26(29)23-36)34(39)41-4-2)32(37)35(21-24-11-7-5-8-12-24)22-25-15-17-28(18-16-25)42-27-13-9-6-10-14-27/h5-20,23H,3-4,21-22H2,1-2H3. The third-order valence-corrected chi connectivity index (χ3v) is 6.32. The molecular weight excluding hydrogens is 534 g/mol. The second-order valence-electron chi connectivity index (χ2n) is 9.25. The quantitative estimate of drug-likeness (QED) is 0.143.